The second-order valence-electron chi connectivity index (χ2n) is 5.26. The van der Waals surface area contributed by atoms with Gasteiger partial charge in [0.2, 0.25) is 0 Å². The van der Waals surface area contributed by atoms with Crippen molar-refractivity contribution in [2.75, 3.05) is 0 Å². The molecular formula is C17H15ClO2. The van der Waals surface area contributed by atoms with Crippen molar-refractivity contribution in [1.82, 2.24) is 0 Å². The Balaban J connectivity index is 2.05. The second kappa shape index (κ2) is 4.95. The zero-order valence-corrected chi connectivity index (χ0v) is 11.9. The summed E-state index contributed by atoms with van der Waals surface area (Å²) in [5.74, 6) is -0.131. The van der Waals surface area contributed by atoms with Crippen LogP contribution in [0.25, 0.3) is 0 Å². The van der Waals surface area contributed by atoms with Crippen LogP contribution < -0.4 is 0 Å². The third kappa shape index (κ3) is 2.20. The number of rotatable bonds is 2. The molecule has 0 radical (unpaired) electrons. The lowest BCUT2D eigenvalue weighted by Crippen LogP contribution is -2.27. The topological polar surface area (TPSA) is 26.3 Å². The van der Waals surface area contributed by atoms with E-state index in [1.807, 2.05) is 61.5 Å². The molecule has 1 fully saturated rings. The van der Waals surface area contributed by atoms with Gasteiger partial charge in [-0.3, -0.25) is 4.79 Å². The third-order valence-electron chi connectivity index (χ3n) is 3.98. The van der Waals surface area contributed by atoms with Crippen molar-refractivity contribution in [3.63, 3.8) is 0 Å². The van der Waals surface area contributed by atoms with E-state index in [0.29, 0.717) is 11.4 Å². The van der Waals surface area contributed by atoms with Crippen LogP contribution in [0.4, 0.5) is 0 Å². The molecule has 2 aromatic carbocycles. The number of hydrogen-bond acceptors (Lipinski definition) is 2. The SMILES string of the molecule is C[C@]1(c2ccc(Cl)cc2)OC(=O)C[C@H]1c1ccccc1. The lowest BCUT2D eigenvalue weighted by atomic mass is 9.79. The van der Waals surface area contributed by atoms with Crippen LogP contribution in [-0.4, -0.2) is 5.97 Å². The Hall–Kier alpha value is -1.80. The number of cyclic esters (lactones) is 1. The van der Waals surface area contributed by atoms with Crippen LogP contribution in [0.3, 0.4) is 0 Å². The molecule has 3 rings (SSSR count). The summed E-state index contributed by atoms with van der Waals surface area (Å²) in [6, 6.07) is 17.5. The van der Waals surface area contributed by atoms with Crippen LogP contribution in [0.15, 0.2) is 54.6 Å². The van der Waals surface area contributed by atoms with Crippen LogP contribution in [0.1, 0.15) is 30.4 Å². The van der Waals surface area contributed by atoms with Gasteiger partial charge in [0.15, 0.2) is 0 Å². The van der Waals surface area contributed by atoms with E-state index in [0.717, 1.165) is 11.1 Å². The third-order valence-corrected chi connectivity index (χ3v) is 4.23. The molecule has 1 aliphatic rings. The smallest absolute Gasteiger partial charge is 0.307 e. The Bertz CT molecular complexity index is 621. The first-order valence-electron chi connectivity index (χ1n) is 6.62. The molecule has 1 aliphatic heterocycles. The highest BCUT2D eigenvalue weighted by Crippen LogP contribution is 2.47. The van der Waals surface area contributed by atoms with Gasteiger partial charge in [-0.1, -0.05) is 54.1 Å². The van der Waals surface area contributed by atoms with E-state index in [1.54, 1.807) is 0 Å². The van der Waals surface area contributed by atoms with Gasteiger partial charge in [-0.25, -0.2) is 0 Å². The monoisotopic (exact) mass is 286 g/mol. The van der Waals surface area contributed by atoms with Crippen LogP contribution in [0.2, 0.25) is 5.02 Å². The van der Waals surface area contributed by atoms with Crippen molar-refractivity contribution in [2.45, 2.75) is 24.9 Å². The molecule has 102 valence electrons. The average Bonchev–Trinajstić information content (AvgIpc) is 2.77. The van der Waals surface area contributed by atoms with E-state index < -0.39 is 5.60 Å². The van der Waals surface area contributed by atoms with E-state index in [-0.39, 0.29) is 11.9 Å². The van der Waals surface area contributed by atoms with Gasteiger partial charge in [-0.2, -0.15) is 0 Å². The quantitative estimate of drug-likeness (QED) is 0.770. The Morgan fingerprint density at radius 1 is 1.10 bits per heavy atom. The summed E-state index contributed by atoms with van der Waals surface area (Å²) in [5, 5.41) is 0.679. The maximum absolute atomic E-state index is 11.8. The summed E-state index contributed by atoms with van der Waals surface area (Å²) < 4.78 is 5.66. The molecule has 0 N–H and O–H groups in total. The van der Waals surface area contributed by atoms with Crippen LogP contribution in [0, 0.1) is 0 Å². The largest absolute Gasteiger partial charge is 0.454 e. The van der Waals surface area contributed by atoms with Gasteiger partial charge in [0.05, 0.1) is 6.42 Å². The lowest BCUT2D eigenvalue weighted by molar-refractivity contribution is -0.148. The summed E-state index contributed by atoms with van der Waals surface area (Å²) in [5.41, 5.74) is 1.46. The summed E-state index contributed by atoms with van der Waals surface area (Å²) in [4.78, 5) is 11.8. The molecule has 0 unspecified atom stereocenters. The van der Waals surface area contributed by atoms with E-state index in [9.17, 15) is 4.79 Å². The molecule has 0 bridgehead atoms. The minimum Gasteiger partial charge on any atom is -0.454 e. The maximum atomic E-state index is 11.8. The van der Waals surface area contributed by atoms with Crippen LogP contribution in [0.5, 0.6) is 0 Å². The first-order chi connectivity index (χ1) is 9.59. The molecule has 20 heavy (non-hydrogen) atoms. The van der Waals surface area contributed by atoms with Crippen molar-refractivity contribution in [1.29, 1.82) is 0 Å². The molecule has 2 aromatic rings. The molecule has 2 nitrogen and oxygen atoms in total. The molecule has 1 saturated heterocycles. The normalized spacial score (nSPS) is 25.5. The predicted octanol–water partition coefficient (Wildman–Crippen LogP) is 4.29. The molecule has 2 atom stereocenters. The Morgan fingerprint density at radius 3 is 2.40 bits per heavy atom. The minimum atomic E-state index is -0.636. The molecule has 0 saturated carbocycles. The predicted molar refractivity (Wildman–Crippen MR) is 78.7 cm³/mol. The Labute approximate surface area is 123 Å². The highest BCUT2D eigenvalue weighted by Gasteiger charge is 2.47. The zero-order valence-electron chi connectivity index (χ0n) is 11.2. The van der Waals surface area contributed by atoms with E-state index in [2.05, 4.69) is 0 Å². The summed E-state index contributed by atoms with van der Waals surface area (Å²) in [6.07, 6.45) is 0.406. The first-order valence-corrected chi connectivity index (χ1v) is 7.00. The molecule has 1 heterocycles. The van der Waals surface area contributed by atoms with Gasteiger partial charge in [0.1, 0.15) is 5.60 Å². The summed E-state index contributed by atoms with van der Waals surface area (Å²) >= 11 is 5.94. The van der Waals surface area contributed by atoms with Crippen molar-refractivity contribution < 1.29 is 9.53 Å². The fourth-order valence-corrected chi connectivity index (χ4v) is 3.00. The Kier molecular flexibility index (Phi) is 3.27. The van der Waals surface area contributed by atoms with Gasteiger partial charge in [0, 0.05) is 10.9 Å². The van der Waals surface area contributed by atoms with Gasteiger partial charge >= 0.3 is 5.97 Å². The van der Waals surface area contributed by atoms with Crippen LogP contribution >= 0.6 is 11.6 Å². The van der Waals surface area contributed by atoms with E-state index in [4.69, 9.17) is 16.3 Å². The fourth-order valence-electron chi connectivity index (χ4n) is 2.87. The number of esters is 1. The van der Waals surface area contributed by atoms with Crippen molar-refractivity contribution >= 4 is 17.6 Å². The first kappa shape index (κ1) is 13.2. The van der Waals surface area contributed by atoms with Crippen molar-refractivity contribution in [3.05, 3.63) is 70.7 Å². The molecule has 0 aliphatic carbocycles. The number of ether oxygens (including phenoxy) is 1. The van der Waals surface area contributed by atoms with Crippen molar-refractivity contribution in [3.8, 4) is 0 Å². The van der Waals surface area contributed by atoms with Crippen LogP contribution in [-0.2, 0) is 15.1 Å². The Morgan fingerprint density at radius 2 is 1.75 bits per heavy atom. The highest BCUT2D eigenvalue weighted by molar-refractivity contribution is 6.30. The fraction of sp³-hybridized carbons (Fsp3) is 0.235. The molecule has 3 heteroatoms. The summed E-state index contributed by atoms with van der Waals surface area (Å²) in [6.45, 7) is 1.97. The number of hydrogen-bond donors (Lipinski definition) is 0. The minimum absolute atomic E-state index is 0.0253. The number of halogens is 1. The van der Waals surface area contributed by atoms with E-state index >= 15 is 0 Å². The highest BCUT2D eigenvalue weighted by atomic mass is 35.5. The van der Waals surface area contributed by atoms with Gasteiger partial charge in [-0.15, -0.1) is 0 Å². The van der Waals surface area contributed by atoms with Gasteiger partial charge in [0.25, 0.3) is 0 Å². The average molecular weight is 287 g/mol. The number of benzene rings is 2. The standard InChI is InChI=1S/C17H15ClO2/c1-17(13-7-9-14(18)10-8-13)15(11-16(19)20-17)12-5-3-2-4-6-12/h2-10,15H,11H2,1H3/t15-,17+/m0/s1. The zero-order chi connectivity index (χ0) is 14.2. The van der Waals surface area contributed by atoms with Crippen molar-refractivity contribution in [2.24, 2.45) is 0 Å². The summed E-state index contributed by atoms with van der Waals surface area (Å²) in [7, 11) is 0. The lowest BCUT2D eigenvalue weighted by Gasteiger charge is -2.30. The number of carbonyl (C=O) groups is 1. The molecular weight excluding hydrogens is 272 g/mol. The molecule has 0 aromatic heterocycles. The van der Waals surface area contributed by atoms with Gasteiger partial charge in [-0.05, 0) is 30.2 Å². The number of carbonyl (C=O) groups excluding carboxylic acids is 1. The second-order valence-corrected chi connectivity index (χ2v) is 5.69. The maximum Gasteiger partial charge on any atom is 0.307 e. The molecule has 0 spiro atoms. The van der Waals surface area contributed by atoms with E-state index in [1.165, 1.54) is 0 Å². The van der Waals surface area contributed by atoms with Gasteiger partial charge < -0.3 is 4.74 Å². The molecule has 0 amide bonds.